The first kappa shape index (κ1) is 27.2. The topological polar surface area (TPSA) is 102 Å². The zero-order valence-corrected chi connectivity index (χ0v) is 23.8. The van der Waals surface area contributed by atoms with Crippen LogP contribution < -0.4 is 21.1 Å². The van der Waals surface area contributed by atoms with E-state index in [4.69, 9.17) is 9.72 Å². The molecular formula is C31H38N8O2. The van der Waals surface area contributed by atoms with Gasteiger partial charge < -0.3 is 20.3 Å². The molecule has 5 heterocycles. The first-order valence-corrected chi connectivity index (χ1v) is 14.7. The van der Waals surface area contributed by atoms with Crippen molar-refractivity contribution in [3.8, 4) is 0 Å². The molecule has 0 bridgehead atoms. The van der Waals surface area contributed by atoms with Crippen molar-refractivity contribution in [2.75, 3.05) is 49.6 Å². The fourth-order valence-corrected chi connectivity index (χ4v) is 5.81. The second-order valence-corrected chi connectivity index (χ2v) is 10.6. The van der Waals surface area contributed by atoms with Crippen LogP contribution in [0.25, 0.3) is 16.6 Å². The molecule has 3 aromatic heterocycles. The number of aromatic nitrogens is 5. The number of anilines is 3. The van der Waals surface area contributed by atoms with Gasteiger partial charge in [0.25, 0.3) is 5.56 Å². The Morgan fingerprint density at radius 3 is 2.66 bits per heavy atom. The van der Waals surface area contributed by atoms with Crippen molar-refractivity contribution in [1.82, 2.24) is 29.6 Å². The van der Waals surface area contributed by atoms with Crippen LogP contribution in [-0.4, -0.2) is 63.7 Å². The fourth-order valence-electron chi connectivity index (χ4n) is 5.81. The molecule has 1 saturated heterocycles. The molecule has 0 radical (unpaired) electrons. The number of nitrogens with one attached hydrogen (secondary N) is 2. The lowest BCUT2D eigenvalue weighted by atomic mass is 10.0. The Labute approximate surface area is 240 Å². The fraction of sp³-hybridized carbons (Fsp3) is 0.419. The number of ether oxygens (including phenoxy) is 1. The first-order valence-electron chi connectivity index (χ1n) is 14.7. The molecule has 0 spiro atoms. The maximum Gasteiger partial charge on any atom is 0.276 e. The average Bonchev–Trinajstić information content (AvgIpc) is 3.49. The number of benzene rings is 1. The van der Waals surface area contributed by atoms with Crippen LogP contribution in [0, 0.1) is 0 Å². The molecule has 10 nitrogen and oxygen atoms in total. The molecule has 1 aromatic carbocycles. The number of rotatable bonds is 9. The number of pyridine rings is 1. The molecule has 0 atom stereocenters. The van der Waals surface area contributed by atoms with Crippen LogP contribution in [-0.2, 0) is 11.3 Å². The summed E-state index contributed by atoms with van der Waals surface area (Å²) < 4.78 is 9.40. The standard InChI is InChI=1S/C31H38N8O2/c1-3-37(4-2)28-19-24-20-33-31(35-25-7-5-22(6-8-25)23-9-14-32-15-10-23)36-29(24)38(30(28)40)21-27-11-16-34-39(27)26-12-17-41-18-13-26/h5-9,11,16,19-20,26,32H,3-4,10,12-15,17-18,21H2,1-2H3,(H,33,35,36). The third kappa shape index (κ3) is 5.75. The van der Waals surface area contributed by atoms with Crippen molar-refractivity contribution in [3.05, 3.63) is 76.5 Å². The second-order valence-electron chi connectivity index (χ2n) is 10.6. The van der Waals surface area contributed by atoms with Gasteiger partial charge in [-0.2, -0.15) is 10.1 Å². The van der Waals surface area contributed by atoms with E-state index in [1.807, 2.05) is 18.3 Å². The van der Waals surface area contributed by atoms with Gasteiger partial charge in [0, 0.05) is 56.3 Å². The van der Waals surface area contributed by atoms with Crippen molar-refractivity contribution >= 4 is 33.9 Å². The Morgan fingerprint density at radius 1 is 1.12 bits per heavy atom. The van der Waals surface area contributed by atoms with Crippen molar-refractivity contribution in [3.63, 3.8) is 0 Å². The lowest BCUT2D eigenvalue weighted by Gasteiger charge is -2.25. The summed E-state index contributed by atoms with van der Waals surface area (Å²) in [5, 5.41) is 12.2. The largest absolute Gasteiger partial charge is 0.381 e. The molecule has 2 N–H and O–H groups in total. The smallest absolute Gasteiger partial charge is 0.276 e. The maximum atomic E-state index is 14.0. The molecule has 10 heteroatoms. The van der Waals surface area contributed by atoms with E-state index in [9.17, 15) is 4.79 Å². The highest BCUT2D eigenvalue weighted by molar-refractivity contribution is 5.80. The summed E-state index contributed by atoms with van der Waals surface area (Å²) in [5.74, 6) is 0.452. The minimum atomic E-state index is -0.0647. The summed E-state index contributed by atoms with van der Waals surface area (Å²) in [5.41, 5.74) is 5.67. The molecule has 0 unspecified atom stereocenters. The van der Waals surface area contributed by atoms with Gasteiger partial charge in [0.1, 0.15) is 11.3 Å². The van der Waals surface area contributed by atoms with Crippen LogP contribution in [0.1, 0.15) is 50.4 Å². The van der Waals surface area contributed by atoms with E-state index < -0.39 is 0 Å². The van der Waals surface area contributed by atoms with Crippen LogP contribution in [0.3, 0.4) is 0 Å². The zero-order valence-electron chi connectivity index (χ0n) is 23.8. The van der Waals surface area contributed by atoms with Gasteiger partial charge >= 0.3 is 0 Å². The summed E-state index contributed by atoms with van der Waals surface area (Å²) in [6, 6.07) is 12.5. The van der Waals surface area contributed by atoms with E-state index in [1.54, 1.807) is 10.8 Å². The van der Waals surface area contributed by atoms with Gasteiger partial charge in [0.2, 0.25) is 5.95 Å². The molecule has 0 aliphatic carbocycles. The van der Waals surface area contributed by atoms with E-state index >= 15 is 0 Å². The Kier molecular flexibility index (Phi) is 8.11. The normalized spacial score (nSPS) is 16.1. The maximum absolute atomic E-state index is 14.0. The summed E-state index contributed by atoms with van der Waals surface area (Å²) in [7, 11) is 0. The Hall–Kier alpha value is -4.02. The molecule has 0 amide bonds. The van der Waals surface area contributed by atoms with E-state index in [2.05, 4.69) is 74.5 Å². The molecule has 2 aliphatic heterocycles. The van der Waals surface area contributed by atoms with E-state index in [0.29, 0.717) is 23.8 Å². The predicted molar refractivity (Wildman–Crippen MR) is 163 cm³/mol. The van der Waals surface area contributed by atoms with Gasteiger partial charge in [0.05, 0.1) is 18.3 Å². The van der Waals surface area contributed by atoms with Gasteiger partial charge in [0.15, 0.2) is 0 Å². The summed E-state index contributed by atoms with van der Waals surface area (Å²) in [6.45, 7) is 9.34. The van der Waals surface area contributed by atoms with Crippen LogP contribution >= 0.6 is 0 Å². The zero-order chi connectivity index (χ0) is 28.2. The molecular weight excluding hydrogens is 516 g/mol. The van der Waals surface area contributed by atoms with Crippen molar-refractivity contribution in [2.24, 2.45) is 0 Å². The molecule has 0 saturated carbocycles. The highest BCUT2D eigenvalue weighted by Crippen LogP contribution is 2.25. The predicted octanol–water partition coefficient (Wildman–Crippen LogP) is 4.35. The minimum absolute atomic E-state index is 0.0647. The quantitative estimate of drug-likeness (QED) is 0.315. The van der Waals surface area contributed by atoms with Crippen molar-refractivity contribution in [1.29, 1.82) is 0 Å². The molecule has 41 heavy (non-hydrogen) atoms. The van der Waals surface area contributed by atoms with Gasteiger partial charge in [-0.25, -0.2) is 4.98 Å². The average molecular weight is 555 g/mol. The number of hydrogen-bond acceptors (Lipinski definition) is 8. The van der Waals surface area contributed by atoms with Gasteiger partial charge in [-0.1, -0.05) is 18.2 Å². The van der Waals surface area contributed by atoms with Crippen LogP contribution in [0.15, 0.2) is 59.7 Å². The number of fused-ring (bicyclic) bond motifs is 1. The summed E-state index contributed by atoms with van der Waals surface area (Å²) in [6.07, 6.45) is 8.72. The monoisotopic (exact) mass is 554 g/mol. The Bertz CT molecular complexity index is 1580. The molecule has 6 rings (SSSR count). The molecule has 2 aliphatic rings. The number of hydrogen-bond donors (Lipinski definition) is 2. The molecule has 4 aromatic rings. The molecule has 1 fully saturated rings. The number of nitrogens with zero attached hydrogens (tertiary/aromatic N) is 6. The highest BCUT2D eigenvalue weighted by Gasteiger charge is 2.21. The third-order valence-corrected chi connectivity index (χ3v) is 8.10. The van der Waals surface area contributed by atoms with Crippen molar-refractivity contribution in [2.45, 2.75) is 45.7 Å². The summed E-state index contributed by atoms with van der Waals surface area (Å²) >= 11 is 0. The van der Waals surface area contributed by atoms with Crippen LogP contribution in [0.2, 0.25) is 0 Å². The van der Waals surface area contributed by atoms with Crippen LogP contribution in [0.4, 0.5) is 17.3 Å². The lowest BCUT2D eigenvalue weighted by molar-refractivity contribution is 0.0653. The van der Waals surface area contributed by atoms with Gasteiger partial charge in [-0.05, 0) is 75.1 Å². The molecule has 214 valence electrons. The second kappa shape index (κ2) is 12.2. The highest BCUT2D eigenvalue weighted by atomic mass is 16.5. The van der Waals surface area contributed by atoms with Gasteiger partial charge in [-0.15, -0.1) is 0 Å². The summed E-state index contributed by atoms with van der Waals surface area (Å²) in [4.78, 5) is 25.6. The first-order chi connectivity index (χ1) is 20.1. The van der Waals surface area contributed by atoms with Gasteiger partial charge in [-0.3, -0.25) is 14.0 Å². The Morgan fingerprint density at radius 2 is 1.93 bits per heavy atom. The lowest BCUT2D eigenvalue weighted by Crippen LogP contribution is -2.33. The van der Waals surface area contributed by atoms with E-state index in [-0.39, 0.29) is 11.6 Å². The van der Waals surface area contributed by atoms with Crippen molar-refractivity contribution < 1.29 is 4.74 Å². The van der Waals surface area contributed by atoms with Crippen LogP contribution in [0.5, 0.6) is 0 Å². The Balaban J connectivity index is 1.36. The SMILES string of the molecule is CCN(CC)c1cc2cnc(Nc3ccc(C4=CCNCC4)cc3)nc2n(Cc2ccnn2C2CCOCC2)c1=O. The van der Waals surface area contributed by atoms with E-state index in [1.165, 1.54) is 11.1 Å². The van der Waals surface area contributed by atoms with E-state index in [0.717, 1.165) is 75.4 Å². The minimum Gasteiger partial charge on any atom is -0.381 e. The third-order valence-electron chi connectivity index (χ3n) is 8.10.